The first kappa shape index (κ1) is 13.6. The number of nitrogens with one attached hydrogen (secondary N) is 1. The van der Waals surface area contributed by atoms with E-state index in [1.54, 1.807) is 12.3 Å². The molecule has 1 aromatic rings. The zero-order chi connectivity index (χ0) is 13.3. The van der Waals surface area contributed by atoms with E-state index >= 15 is 0 Å². The first-order valence-electron chi connectivity index (χ1n) is 6.34. The zero-order valence-corrected chi connectivity index (χ0v) is 11.7. The molecule has 6 heteroatoms. The highest BCUT2D eigenvalue weighted by Crippen LogP contribution is 2.28. The Labute approximate surface area is 108 Å². The minimum atomic E-state index is -3.39. The number of nitrogens with two attached hydrogens (primary N) is 1. The summed E-state index contributed by atoms with van der Waals surface area (Å²) in [6, 6.07) is 1.87. The number of nitrogens with zero attached hydrogens (tertiary/aromatic N) is 1. The fourth-order valence-electron chi connectivity index (χ4n) is 1.92. The van der Waals surface area contributed by atoms with Crippen molar-refractivity contribution in [3.05, 3.63) is 18.0 Å². The predicted octanol–water partition coefficient (Wildman–Crippen LogP) is 1.22. The summed E-state index contributed by atoms with van der Waals surface area (Å²) in [6.45, 7) is 4.91. The first-order valence-corrected chi connectivity index (χ1v) is 7.83. The van der Waals surface area contributed by atoms with Crippen molar-refractivity contribution in [2.75, 3.05) is 6.54 Å². The molecule has 1 saturated carbocycles. The van der Waals surface area contributed by atoms with Crippen molar-refractivity contribution in [3.8, 4) is 0 Å². The molecule has 3 N–H and O–H groups in total. The maximum atomic E-state index is 12.1. The van der Waals surface area contributed by atoms with Crippen LogP contribution in [0.3, 0.4) is 0 Å². The quantitative estimate of drug-likeness (QED) is 0.816. The van der Waals surface area contributed by atoms with Gasteiger partial charge in [0.15, 0.2) is 0 Å². The van der Waals surface area contributed by atoms with Crippen molar-refractivity contribution in [2.24, 2.45) is 11.7 Å². The molecule has 0 spiro atoms. The van der Waals surface area contributed by atoms with Crippen LogP contribution in [0.5, 0.6) is 0 Å². The van der Waals surface area contributed by atoms with Crippen LogP contribution in [0.15, 0.2) is 17.2 Å². The second-order valence-corrected chi connectivity index (χ2v) is 6.93. The largest absolute Gasteiger partial charge is 0.346 e. The summed E-state index contributed by atoms with van der Waals surface area (Å²) in [6.07, 6.45) is 3.93. The average Bonchev–Trinajstić information content (AvgIpc) is 3.02. The Morgan fingerprint density at radius 1 is 1.50 bits per heavy atom. The molecule has 0 aliphatic heterocycles. The van der Waals surface area contributed by atoms with Gasteiger partial charge in [0.05, 0.1) is 4.90 Å². The van der Waals surface area contributed by atoms with E-state index in [9.17, 15) is 8.42 Å². The zero-order valence-electron chi connectivity index (χ0n) is 10.9. The van der Waals surface area contributed by atoms with E-state index in [1.807, 2.05) is 18.4 Å². The molecule has 1 aliphatic carbocycles. The van der Waals surface area contributed by atoms with Crippen molar-refractivity contribution < 1.29 is 8.42 Å². The van der Waals surface area contributed by atoms with E-state index in [0.29, 0.717) is 23.9 Å². The lowest BCUT2D eigenvalue weighted by Crippen LogP contribution is -2.25. The van der Waals surface area contributed by atoms with Gasteiger partial charge in [0.2, 0.25) is 10.0 Å². The summed E-state index contributed by atoms with van der Waals surface area (Å²) in [7, 11) is -3.39. The third-order valence-electron chi connectivity index (χ3n) is 3.24. The molecule has 0 saturated heterocycles. The Balaban J connectivity index is 2.20. The predicted molar refractivity (Wildman–Crippen MR) is 70.6 cm³/mol. The maximum absolute atomic E-state index is 12.1. The summed E-state index contributed by atoms with van der Waals surface area (Å²) < 4.78 is 28.8. The fourth-order valence-corrected chi connectivity index (χ4v) is 3.09. The molecular weight excluding hydrogens is 250 g/mol. The Morgan fingerprint density at radius 2 is 2.17 bits per heavy atom. The normalized spacial score (nSPS) is 16.4. The standard InChI is InChI=1S/C12H21N3O2S/c1-9(2)15-8-12(5-11(15)6-13)18(16,17)14-7-10-3-4-10/h5,8-10,14H,3-4,6-7,13H2,1-2H3. The minimum Gasteiger partial charge on any atom is -0.346 e. The van der Waals surface area contributed by atoms with Crippen LogP contribution in [0.25, 0.3) is 0 Å². The molecule has 0 aromatic carbocycles. The number of hydrogen-bond acceptors (Lipinski definition) is 3. The summed E-state index contributed by atoms with van der Waals surface area (Å²) in [5, 5.41) is 0. The third kappa shape index (κ3) is 2.93. The van der Waals surface area contributed by atoms with E-state index < -0.39 is 10.0 Å². The average molecular weight is 271 g/mol. The Morgan fingerprint density at radius 3 is 2.61 bits per heavy atom. The van der Waals surface area contributed by atoms with Gasteiger partial charge in [-0.3, -0.25) is 0 Å². The number of aromatic nitrogens is 1. The van der Waals surface area contributed by atoms with Gasteiger partial charge in [-0.2, -0.15) is 0 Å². The summed E-state index contributed by atoms with van der Waals surface area (Å²) in [5.74, 6) is 0.529. The molecule has 1 aliphatic rings. The lowest BCUT2D eigenvalue weighted by Gasteiger charge is -2.10. The number of hydrogen-bond donors (Lipinski definition) is 2. The smallest absolute Gasteiger partial charge is 0.242 e. The maximum Gasteiger partial charge on any atom is 0.242 e. The minimum absolute atomic E-state index is 0.205. The van der Waals surface area contributed by atoms with Crippen molar-refractivity contribution in [1.29, 1.82) is 0 Å². The first-order chi connectivity index (χ1) is 8.44. The lowest BCUT2D eigenvalue weighted by molar-refractivity contribution is 0.568. The van der Waals surface area contributed by atoms with E-state index in [2.05, 4.69) is 4.72 Å². The Bertz CT molecular complexity index is 515. The highest BCUT2D eigenvalue weighted by Gasteiger charge is 2.25. The van der Waals surface area contributed by atoms with Crippen LogP contribution in [0, 0.1) is 5.92 Å². The van der Waals surface area contributed by atoms with Gasteiger partial charge in [-0.15, -0.1) is 0 Å². The van der Waals surface area contributed by atoms with Crippen LogP contribution in [-0.4, -0.2) is 19.5 Å². The summed E-state index contributed by atoms with van der Waals surface area (Å²) in [5.41, 5.74) is 6.49. The summed E-state index contributed by atoms with van der Waals surface area (Å²) in [4.78, 5) is 0.317. The number of sulfonamides is 1. The molecule has 1 heterocycles. The molecule has 0 amide bonds. The molecule has 1 aromatic heterocycles. The fraction of sp³-hybridized carbons (Fsp3) is 0.667. The van der Waals surface area contributed by atoms with Gasteiger partial charge in [-0.25, -0.2) is 13.1 Å². The van der Waals surface area contributed by atoms with Crippen LogP contribution in [0.2, 0.25) is 0 Å². The Kier molecular flexibility index (Phi) is 3.79. The highest BCUT2D eigenvalue weighted by atomic mass is 32.2. The van der Waals surface area contributed by atoms with Gasteiger partial charge in [-0.1, -0.05) is 0 Å². The van der Waals surface area contributed by atoms with Crippen molar-refractivity contribution in [3.63, 3.8) is 0 Å². The molecule has 2 rings (SSSR count). The van der Waals surface area contributed by atoms with Crippen molar-refractivity contribution in [1.82, 2.24) is 9.29 Å². The topological polar surface area (TPSA) is 77.1 Å². The van der Waals surface area contributed by atoms with Gasteiger partial charge in [-0.05, 0) is 38.7 Å². The summed E-state index contributed by atoms with van der Waals surface area (Å²) >= 11 is 0. The molecule has 1 fully saturated rings. The third-order valence-corrected chi connectivity index (χ3v) is 4.63. The van der Waals surface area contributed by atoms with Crippen molar-refractivity contribution >= 4 is 10.0 Å². The monoisotopic (exact) mass is 271 g/mol. The van der Waals surface area contributed by atoms with E-state index in [1.165, 1.54) is 0 Å². The van der Waals surface area contributed by atoms with Crippen molar-refractivity contribution in [2.45, 2.75) is 44.2 Å². The highest BCUT2D eigenvalue weighted by molar-refractivity contribution is 7.89. The van der Waals surface area contributed by atoms with Gasteiger partial charge in [0.25, 0.3) is 0 Å². The van der Waals surface area contributed by atoms with E-state index in [0.717, 1.165) is 18.5 Å². The second-order valence-electron chi connectivity index (χ2n) is 5.17. The second kappa shape index (κ2) is 5.03. The van der Waals surface area contributed by atoms with E-state index in [4.69, 9.17) is 5.73 Å². The van der Waals surface area contributed by atoms with Gasteiger partial charge >= 0.3 is 0 Å². The Hall–Kier alpha value is -0.850. The van der Waals surface area contributed by atoms with Crippen LogP contribution < -0.4 is 10.5 Å². The molecule has 0 unspecified atom stereocenters. The van der Waals surface area contributed by atoms with Crippen LogP contribution in [-0.2, 0) is 16.6 Å². The molecule has 0 radical (unpaired) electrons. The van der Waals surface area contributed by atoms with Gasteiger partial charge in [0.1, 0.15) is 0 Å². The van der Waals surface area contributed by atoms with E-state index in [-0.39, 0.29) is 6.04 Å². The lowest BCUT2D eigenvalue weighted by atomic mass is 10.3. The molecule has 5 nitrogen and oxygen atoms in total. The molecular formula is C12H21N3O2S. The van der Waals surface area contributed by atoms with Gasteiger partial charge < -0.3 is 10.3 Å². The van der Waals surface area contributed by atoms with Crippen LogP contribution in [0.4, 0.5) is 0 Å². The SMILES string of the molecule is CC(C)n1cc(S(=O)(=O)NCC2CC2)cc1CN. The molecule has 102 valence electrons. The van der Waals surface area contributed by atoms with Gasteiger partial charge in [0, 0.05) is 31.0 Å². The van der Waals surface area contributed by atoms with Crippen LogP contribution >= 0.6 is 0 Å². The molecule has 0 atom stereocenters. The molecule has 0 bridgehead atoms. The molecule has 18 heavy (non-hydrogen) atoms. The number of rotatable bonds is 6. The van der Waals surface area contributed by atoms with Crippen LogP contribution in [0.1, 0.15) is 38.4 Å².